The van der Waals surface area contributed by atoms with Crippen molar-refractivity contribution in [3.8, 4) is 23.8 Å². The monoisotopic (exact) mass is 444 g/mol. The van der Waals surface area contributed by atoms with Crippen molar-refractivity contribution in [1.29, 1.82) is 10.5 Å². The van der Waals surface area contributed by atoms with Crippen LogP contribution < -0.4 is 15.8 Å². The molecule has 1 aromatic heterocycles. The lowest BCUT2D eigenvalue weighted by atomic mass is 10.1. The van der Waals surface area contributed by atoms with Gasteiger partial charge in [0.15, 0.2) is 0 Å². The molecule has 3 rings (SSSR count). The third-order valence-corrected chi connectivity index (χ3v) is 3.97. The lowest BCUT2D eigenvalue weighted by Gasteiger charge is -2.14. The second-order valence-corrected chi connectivity index (χ2v) is 5.91. The van der Waals surface area contributed by atoms with Crippen molar-refractivity contribution in [2.45, 2.75) is 13.7 Å². The standard InChI is InChI=1S/C20H15BrN6O/c1-11-7-14(10-23)8-12(2)17(11)28-19-16(21)18(24)26-20(27-19)25-15-5-3-13(9-22)4-6-15/h3-8H,1-2H3,(H3,24,25,26,27)/i1D3,2D3,5D,6D,7D,8D. The maximum absolute atomic E-state index is 9.40. The first-order valence-electron chi connectivity index (χ1n) is 12.4. The smallest absolute Gasteiger partial charge is 0.240 e. The van der Waals surface area contributed by atoms with Crippen molar-refractivity contribution >= 4 is 33.4 Å². The molecule has 0 radical (unpaired) electrons. The lowest BCUT2D eigenvalue weighted by Crippen LogP contribution is -2.04. The van der Waals surface area contributed by atoms with Crippen molar-refractivity contribution < 1.29 is 18.4 Å². The van der Waals surface area contributed by atoms with Crippen LogP contribution in [0, 0.1) is 36.4 Å². The van der Waals surface area contributed by atoms with Gasteiger partial charge < -0.3 is 15.8 Å². The third kappa shape index (κ3) is 4.03. The molecule has 2 aromatic carbocycles. The quantitative estimate of drug-likeness (QED) is 0.596. The van der Waals surface area contributed by atoms with Crippen LogP contribution in [-0.4, -0.2) is 9.97 Å². The van der Waals surface area contributed by atoms with Gasteiger partial charge >= 0.3 is 0 Å². The van der Waals surface area contributed by atoms with E-state index >= 15 is 0 Å². The van der Waals surface area contributed by atoms with Crippen LogP contribution in [0.4, 0.5) is 17.5 Å². The Kier molecular flexibility index (Phi) is 2.86. The number of hydrogen-bond acceptors (Lipinski definition) is 7. The number of hydrogen-bond donors (Lipinski definition) is 2. The molecule has 0 atom stereocenters. The van der Waals surface area contributed by atoms with Gasteiger partial charge in [-0.1, -0.05) is 0 Å². The highest BCUT2D eigenvalue weighted by Crippen LogP contribution is 2.36. The molecular weight excluding hydrogens is 420 g/mol. The number of nitrogens with one attached hydrogen (secondary N) is 1. The molecule has 28 heavy (non-hydrogen) atoms. The normalized spacial score (nSPS) is 16.1. The highest BCUT2D eigenvalue weighted by molar-refractivity contribution is 9.10. The third-order valence-electron chi connectivity index (χ3n) is 3.22. The van der Waals surface area contributed by atoms with Crippen LogP contribution in [-0.2, 0) is 0 Å². The van der Waals surface area contributed by atoms with Crippen LogP contribution in [0.5, 0.6) is 11.6 Å². The molecule has 0 saturated heterocycles. The number of nitrogen functional groups attached to an aromatic ring is 1. The molecule has 0 aliphatic rings. The van der Waals surface area contributed by atoms with Crippen LogP contribution in [0.2, 0.25) is 0 Å². The van der Waals surface area contributed by atoms with E-state index in [9.17, 15) is 5.26 Å². The molecule has 0 amide bonds. The van der Waals surface area contributed by atoms with Gasteiger partial charge in [-0.25, -0.2) is 0 Å². The number of halogens is 1. The molecule has 0 fully saturated rings. The summed E-state index contributed by atoms with van der Waals surface area (Å²) in [6.45, 7) is -6.28. The average molecular weight is 445 g/mol. The Labute approximate surface area is 184 Å². The Hall–Kier alpha value is -3.62. The largest absolute Gasteiger partial charge is 0.437 e. The van der Waals surface area contributed by atoms with Crippen molar-refractivity contribution in [2.24, 2.45) is 0 Å². The Morgan fingerprint density at radius 3 is 2.36 bits per heavy atom. The van der Waals surface area contributed by atoms with Gasteiger partial charge in [0.25, 0.3) is 0 Å². The van der Waals surface area contributed by atoms with Gasteiger partial charge in [-0.05, 0) is 77.1 Å². The molecule has 0 aliphatic carbocycles. The summed E-state index contributed by atoms with van der Waals surface area (Å²) in [5, 5.41) is 21.0. The van der Waals surface area contributed by atoms with Crippen LogP contribution in [0.3, 0.4) is 0 Å². The molecule has 0 spiro atoms. The predicted octanol–water partition coefficient (Wildman–Crippen LogP) is 4.72. The highest BCUT2D eigenvalue weighted by Gasteiger charge is 2.16. The maximum Gasteiger partial charge on any atom is 0.240 e. The Morgan fingerprint density at radius 2 is 1.79 bits per heavy atom. The topological polar surface area (TPSA) is 121 Å². The second-order valence-electron chi connectivity index (χ2n) is 5.11. The zero-order chi connectivity index (χ0) is 28.7. The molecule has 3 aromatic rings. The van der Waals surface area contributed by atoms with E-state index in [4.69, 9.17) is 29.4 Å². The summed E-state index contributed by atoms with van der Waals surface area (Å²) in [5.41, 5.74) is 3.26. The molecule has 0 saturated carbocycles. The number of benzene rings is 2. The summed E-state index contributed by atoms with van der Waals surface area (Å²) >= 11 is 3.08. The number of nitrogens with zero attached hydrogens (tertiary/aromatic N) is 4. The molecule has 8 heteroatoms. The van der Waals surface area contributed by atoms with Gasteiger partial charge in [-0.3, -0.25) is 0 Å². The summed E-state index contributed by atoms with van der Waals surface area (Å²) in [4.78, 5) is 8.00. The molecule has 0 bridgehead atoms. The van der Waals surface area contributed by atoms with Crippen LogP contribution >= 0.6 is 15.9 Å². The first-order valence-corrected chi connectivity index (χ1v) is 8.18. The molecule has 3 N–H and O–H groups in total. The van der Waals surface area contributed by atoms with Gasteiger partial charge in [-0.2, -0.15) is 20.5 Å². The number of aromatic nitrogens is 2. The van der Waals surface area contributed by atoms with E-state index in [0.29, 0.717) is 0 Å². The summed E-state index contributed by atoms with van der Waals surface area (Å²) in [6.07, 6.45) is 0. The van der Waals surface area contributed by atoms with Crippen molar-refractivity contribution in [2.75, 3.05) is 11.1 Å². The van der Waals surface area contributed by atoms with E-state index in [2.05, 4.69) is 31.2 Å². The van der Waals surface area contributed by atoms with Crippen LogP contribution in [0.1, 0.15) is 36.0 Å². The van der Waals surface area contributed by atoms with Gasteiger partial charge in [0.1, 0.15) is 16.0 Å². The van der Waals surface area contributed by atoms with Crippen LogP contribution in [0.25, 0.3) is 0 Å². The van der Waals surface area contributed by atoms with Gasteiger partial charge in [0.05, 0.1) is 28.7 Å². The molecular formula is C20H15BrN6O. The number of nitriles is 2. The van der Waals surface area contributed by atoms with Gasteiger partial charge in [-0.15, -0.1) is 0 Å². The zero-order valence-electron chi connectivity index (χ0n) is 23.8. The van der Waals surface area contributed by atoms with Gasteiger partial charge in [0, 0.05) is 13.9 Å². The fourth-order valence-corrected chi connectivity index (χ4v) is 2.23. The zero-order valence-corrected chi connectivity index (χ0v) is 15.4. The number of ether oxygens (including phenoxy) is 1. The minimum absolute atomic E-state index is 0.0680. The first kappa shape index (κ1) is 10.1. The van der Waals surface area contributed by atoms with E-state index in [1.54, 1.807) is 0 Å². The Balaban J connectivity index is 2.27. The second kappa shape index (κ2) is 7.95. The lowest BCUT2D eigenvalue weighted by molar-refractivity contribution is 0.453. The van der Waals surface area contributed by atoms with Crippen LogP contribution in [0.15, 0.2) is 40.8 Å². The van der Waals surface area contributed by atoms with Gasteiger partial charge in [0.2, 0.25) is 11.8 Å². The number of anilines is 3. The van der Waals surface area contributed by atoms with Crippen molar-refractivity contribution in [1.82, 2.24) is 9.97 Å². The fourth-order valence-electron chi connectivity index (χ4n) is 1.97. The summed E-state index contributed by atoms with van der Waals surface area (Å²) in [7, 11) is 0. The van der Waals surface area contributed by atoms with Crippen molar-refractivity contribution in [3.05, 3.63) is 63.0 Å². The number of rotatable bonds is 4. The SMILES string of the molecule is [2H]c1cc(C#N)cc([2H])c1Nc1nc(N)c(Br)c(Oc2c(C([2H])([2H])[2H])c([2H])c(C#N)c([2H])c2C([2H])([2H])[2H])n1. The van der Waals surface area contributed by atoms with E-state index in [0.717, 1.165) is 0 Å². The molecule has 7 nitrogen and oxygen atoms in total. The fraction of sp³-hybridized carbons (Fsp3) is 0.100. The minimum Gasteiger partial charge on any atom is -0.437 e. The molecule has 1 heterocycles. The van der Waals surface area contributed by atoms with E-state index < -0.39 is 54.1 Å². The average Bonchev–Trinajstić information content (AvgIpc) is 2.77. The Morgan fingerprint density at radius 1 is 1.14 bits per heavy atom. The minimum atomic E-state index is -3.14. The molecule has 0 aliphatic heterocycles. The summed E-state index contributed by atoms with van der Waals surface area (Å²) in [5.74, 6) is -2.04. The Bertz CT molecular complexity index is 1480. The highest BCUT2D eigenvalue weighted by atomic mass is 79.9. The van der Waals surface area contributed by atoms with E-state index in [1.165, 1.54) is 18.2 Å². The summed E-state index contributed by atoms with van der Waals surface area (Å²) < 4.78 is 85.2. The molecule has 138 valence electrons. The van der Waals surface area contributed by atoms with Crippen molar-refractivity contribution in [3.63, 3.8) is 0 Å². The number of nitrogens with two attached hydrogens (primary N) is 1. The van der Waals surface area contributed by atoms with E-state index in [-0.39, 0.29) is 39.6 Å². The first-order chi connectivity index (χ1) is 17.5. The maximum atomic E-state index is 9.40. The van der Waals surface area contributed by atoms with E-state index in [1.807, 2.05) is 6.07 Å². The molecule has 0 unspecified atom stereocenters. The predicted molar refractivity (Wildman–Crippen MR) is 109 cm³/mol. The summed E-state index contributed by atoms with van der Waals surface area (Å²) in [6, 6.07) is 3.38.